The van der Waals surface area contributed by atoms with E-state index in [9.17, 15) is 9.00 Å². The molecule has 1 aromatic heterocycles. The van der Waals surface area contributed by atoms with Gasteiger partial charge in [0.25, 0.3) is 0 Å². The Morgan fingerprint density at radius 2 is 2.33 bits per heavy atom. The Labute approximate surface area is 114 Å². The number of carbonyl (C=O) groups is 1. The van der Waals surface area contributed by atoms with E-state index in [4.69, 9.17) is 0 Å². The Balaban J connectivity index is 2.18. The van der Waals surface area contributed by atoms with Gasteiger partial charge in [0, 0.05) is 28.9 Å². The van der Waals surface area contributed by atoms with E-state index in [0.717, 1.165) is 5.56 Å². The monoisotopic (exact) mass is 286 g/mol. The van der Waals surface area contributed by atoms with Gasteiger partial charge in [0.1, 0.15) is 6.17 Å². The molecule has 1 fully saturated rings. The summed E-state index contributed by atoms with van der Waals surface area (Å²) in [4.78, 5) is 13.9. The van der Waals surface area contributed by atoms with Crippen molar-refractivity contribution in [3.63, 3.8) is 0 Å². The van der Waals surface area contributed by atoms with Crippen LogP contribution in [0.3, 0.4) is 0 Å². The third-order valence-electron chi connectivity index (χ3n) is 3.25. The highest BCUT2D eigenvalue weighted by atomic mass is 32.2. The number of thiophene rings is 1. The summed E-state index contributed by atoms with van der Waals surface area (Å²) >= 11 is 1.62. The summed E-state index contributed by atoms with van der Waals surface area (Å²) in [5.74, 6) is 0.0866. The summed E-state index contributed by atoms with van der Waals surface area (Å²) < 4.78 is 11.5. The molecule has 1 amide bonds. The molecule has 1 saturated heterocycles. The summed E-state index contributed by atoms with van der Waals surface area (Å²) in [6.45, 7) is 4.31. The second-order valence-electron chi connectivity index (χ2n) is 4.65. The molecule has 1 N–H and O–H groups in total. The zero-order valence-corrected chi connectivity index (χ0v) is 12.4. The normalized spacial score (nSPS) is 27.5. The number of carbonyl (C=O) groups excluding carboxylic acids is 1. The standard InChI is InChI=1S/C12H18N2O2S2/c1-8(18(3)16)6-14-11(10-4-5-17-7-10)13-9(2)12(14)15/h4-5,7-9,11,13H,6H2,1-3H3. The van der Waals surface area contributed by atoms with Crippen LogP contribution in [0.2, 0.25) is 0 Å². The van der Waals surface area contributed by atoms with Gasteiger partial charge in [0.2, 0.25) is 5.91 Å². The zero-order valence-electron chi connectivity index (χ0n) is 10.8. The van der Waals surface area contributed by atoms with Gasteiger partial charge in [-0.2, -0.15) is 11.3 Å². The van der Waals surface area contributed by atoms with Crippen molar-refractivity contribution in [2.45, 2.75) is 31.3 Å². The van der Waals surface area contributed by atoms with E-state index in [0.29, 0.717) is 6.54 Å². The van der Waals surface area contributed by atoms with E-state index in [1.165, 1.54) is 0 Å². The van der Waals surface area contributed by atoms with E-state index in [-0.39, 0.29) is 23.4 Å². The van der Waals surface area contributed by atoms with Crippen LogP contribution in [0.25, 0.3) is 0 Å². The Bertz CT molecular complexity index is 447. The van der Waals surface area contributed by atoms with Crippen LogP contribution in [-0.4, -0.2) is 39.1 Å². The molecule has 0 bridgehead atoms. The minimum absolute atomic E-state index is 0.0119. The second-order valence-corrected chi connectivity index (χ2v) is 7.23. The van der Waals surface area contributed by atoms with Crippen molar-refractivity contribution in [1.82, 2.24) is 10.2 Å². The number of rotatable bonds is 4. The van der Waals surface area contributed by atoms with Crippen molar-refractivity contribution in [2.24, 2.45) is 0 Å². The average Bonchev–Trinajstić information content (AvgIpc) is 2.92. The molecule has 0 aliphatic carbocycles. The summed E-state index contributed by atoms with van der Waals surface area (Å²) in [6.07, 6.45) is 1.60. The van der Waals surface area contributed by atoms with Crippen molar-refractivity contribution < 1.29 is 9.00 Å². The van der Waals surface area contributed by atoms with Gasteiger partial charge >= 0.3 is 0 Å². The Hall–Kier alpha value is -0.720. The number of amides is 1. The molecule has 2 heterocycles. The van der Waals surface area contributed by atoms with Gasteiger partial charge in [-0.1, -0.05) is 0 Å². The molecule has 4 nitrogen and oxygen atoms in total. The van der Waals surface area contributed by atoms with E-state index >= 15 is 0 Å². The van der Waals surface area contributed by atoms with Crippen molar-refractivity contribution >= 4 is 28.0 Å². The molecule has 4 atom stereocenters. The smallest absolute Gasteiger partial charge is 0.241 e. The number of hydrogen-bond donors (Lipinski definition) is 1. The van der Waals surface area contributed by atoms with Gasteiger partial charge < -0.3 is 4.90 Å². The maximum Gasteiger partial charge on any atom is 0.241 e. The molecule has 6 heteroatoms. The molecule has 0 spiro atoms. The minimum Gasteiger partial charge on any atom is -0.320 e. The van der Waals surface area contributed by atoms with E-state index < -0.39 is 10.8 Å². The first-order valence-corrected chi connectivity index (χ1v) is 8.48. The van der Waals surface area contributed by atoms with Crippen molar-refractivity contribution in [1.29, 1.82) is 0 Å². The SMILES string of the molecule is CC1NC(c2ccsc2)N(CC(C)S(C)=O)C1=O. The van der Waals surface area contributed by atoms with Gasteiger partial charge in [-0.3, -0.25) is 14.3 Å². The van der Waals surface area contributed by atoms with Crippen LogP contribution in [0.5, 0.6) is 0 Å². The number of hydrogen-bond acceptors (Lipinski definition) is 4. The molecule has 1 aromatic rings. The lowest BCUT2D eigenvalue weighted by Gasteiger charge is -2.26. The van der Waals surface area contributed by atoms with Crippen LogP contribution in [0.1, 0.15) is 25.6 Å². The van der Waals surface area contributed by atoms with Gasteiger partial charge in [-0.25, -0.2) is 0 Å². The van der Waals surface area contributed by atoms with Gasteiger partial charge in [-0.05, 0) is 36.2 Å². The molecule has 2 rings (SSSR count). The fourth-order valence-corrected chi connectivity index (χ4v) is 3.11. The quantitative estimate of drug-likeness (QED) is 0.908. The van der Waals surface area contributed by atoms with Crippen LogP contribution in [0.4, 0.5) is 0 Å². The highest BCUT2D eigenvalue weighted by Gasteiger charge is 2.38. The number of nitrogens with zero attached hydrogens (tertiary/aromatic N) is 1. The third kappa shape index (κ3) is 2.65. The zero-order chi connectivity index (χ0) is 13.3. The highest BCUT2D eigenvalue weighted by Crippen LogP contribution is 2.27. The second kappa shape index (κ2) is 5.50. The molecule has 0 saturated carbocycles. The summed E-state index contributed by atoms with van der Waals surface area (Å²) in [5, 5.41) is 7.32. The van der Waals surface area contributed by atoms with Crippen LogP contribution in [0.15, 0.2) is 16.8 Å². The first-order chi connectivity index (χ1) is 8.50. The summed E-state index contributed by atoms with van der Waals surface area (Å²) in [5.41, 5.74) is 1.10. The predicted octanol–water partition coefficient (Wildman–Crippen LogP) is 1.33. The van der Waals surface area contributed by atoms with Gasteiger partial charge in [0.15, 0.2) is 0 Å². The van der Waals surface area contributed by atoms with E-state index in [2.05, 4.69) is 5.32 Å². The molecule has 1 aliphatic heterocycles. The van der Waals surface area contributed by atoms with E-state index in [1.54, 1.807) is 22.5 Å². The van der Waals surface area contributed by atoms with Crippen LogP contribution < -0.4 is 5.32 Å². The molecule has 18 heavy (non-hydrogen) atoms. The molecule has 100 valence electrons. The predicted molar refractivity (Wildman–Crippen MR) is 74.9 cm³/mol. The Morgan fingerprint density at radius 1 is 1.61 bits per heavy atom. The van der Waals surface area contributed by atoms with Crippen LogP contribution in [0, 0.1) is 0 Å². The van der Waals surface area contributed by atoms with Crippen LogP contribution in [-0.2, 0) is 15.6 Å². The first-order valence-electron chi connectivity index (χ1n) is 5.91. The average molecular weight is 286 g/mol. The highest BCUT2D eigenvalue weighted by molar-refractivity contribution is 7.84. The molecule has 4 unspecified atom stereocenters. The lowest BCUT2D eigenvalue weighted by Crippen LogP contribution is -2.37. The minimum atomic E-state index is -0.913. The van der Waals surface area contributed by atoms with Crippen LogP contribution >= 0.6 is 11.3 Å². The molecule has 1 aliphatic rings. The lowest BCUT2D eigenvalue weighted by molar-refractivity contribution is -0.129. The Kier molecular flexibility index (Phi) is 4.19. The Morgan fingerprint density at radius 3 is 2.89 bits per heavy atom. The number of nitrogens with one attached hydrogen (secondary N) is 1. The summed E-state index contributed by atoms with van der Waals surface area (Å²) in [6, 6.07) is 1.85. The maximum absolute atomic E-state index is 12.1. The van der Waals surface area contributed by atoms with Crippen molar-refractivity contribution in [2.75, 3.05) is 12.8 Å². The molecule has 0 aromatic carbocycles. The van der Waals surface area contributed by atoms with E-state index in [1.807, 2.05) is 30.7 Å². The molecular weight excluding hydrogens is 268 g/mol. The topological polar surface area (TPSA) is 49.4 Å². The van der Waals surface area contributed by atoms with Crippen molar-refractivity contribution in [3.8, 4) is 0 Å². The third-order valence-corrected chi connectivity index (χ3v) is 5.24. The first kappa shape index (κ1) is 13.7. The summed E-state index contributed by atoms with van der Waals surface area (Å²) in [7, 11) is -0.913. The molecular formula is C12H18N2O2S2. The largest absolute Gasteiger partial charge is 0.320 e. The van der Waals surface area contributed by atoms with Crippen molar-refractivity contribution in [3.05, 3.63) is 22.4 Å². The molecule has 0 radical (unpaired) electrons. The fraction of sp³-hybridized carbons (Fsp3) is 0.583. The van der Waals surface area contributed by atoms with Gasteiger partial charge in [0.05, 0.1) is 6.04 Å². The maximum atomic E-state index is 12.1. The van der Waals surface area contributed by atoms with Gasteiger partial charge in [-0.15, -0.1) is 0 Å². The lowest BCUT2D eigenvalue weighted by atomic mass is 10.2. The fourth-order valence-electron chi connectivity index (χ4n) is 2.06.